The molecule has 0 bridgehead atoms. The van der Waals surface area contributed by atoms with Crippen LogP contribution in [0.4, 0.5) is 0 Å². The Morgan fingerprint density at radius 2 is 1.17 bits per heavy atom. The summed E-state index contributed by atoms with van der Waals surface area (Å²) in [6.45, 7) is -0.360. The molecule has 0 saturated carbocycles. The van der Waals surface area contributed by atoms with Gasteiger partial charge in [-0.25, -0.2) is 0 Å². The van der Waals surface area contributed by atoms with Crippen LogP contribution in [0.15, 0.2) is 36.4 Å². The highest BCUT2D eigenvalue weighted by atomic mass is 16.5. The molecule has 1 aliphatic carbocycles. The molecule has 0 aromatic heterocycles. The van der Waals surface area contributed by atoms with E-state index in [2.05, 4.69) is 0 Å². The van der Waals surface area contributed by atoms with Crippen molar-refractivity contribution in [2.75, 3.05) is 26.4 Å². The molecule has 0 aliphatic heterocycles. The second-order valence-electron chi connectivity index (χ2n) is 5.16. The second kappa shape index (κ2) is 6.82. The van der Waals surface area contributed by atoms with Crippen LogP contribution in [-0.4, -0.2) is 48.2 Å². The fraction of sp³-hybridized carbons (Fsp3) is 0.222. The van der Waals surface area contributed by atoms with Gasteiger partial charge < -0.3 is 19.7 Å². The molecule has 124 valence electrons. The lowest BCUT2D eigenvalue weighted by atomic mass is 9.83. The molecule has 2 aromatic carbocycles. The van der Waals surface area contributed by atoms with Crippen molar-refractivity contribution in [3.63, 3.8) is 0 Å². The molecular formula is C18H16O6. The smallest absolute Gasteiger partial charge is 0.201 e. The minimum absolute atomic E-state index is 0.0213. The zero-order chi connectivity index (χ0) is 17.1. The van der Waals surface area contributed by atoms with Crippen molar-refractivity contribution in [2.24, 2.45) is 0 Å². The summed E-state index contributed by atoms with van der Waals surface area (Å²) in [5.74, 6) is -0.157. The van der Waals surface area contributed by atoms with Crippen molar-refractivity contribution in [1.82, 2.24) is 0 Å². The lowest BCUT2D eigenvalue weighted by Gasteiger charge is -2.22. The number of carbonyl (C=O) groups is 2. The van der Waals surface area contributed by atoms with Crippen LogP contribution in [0.5, 0.6) is 11.5 Å². The van der Waals surface area contributed by atoms with Gasteiger partial charge in [0.1, 0.15) is 24.7 Å². The van der Waals surface area contributed by atoms with Crippen molar-refractivity contribution >= 4 is 11.6 Å². The summed E-state index contributed by atoms with van der Waals surface area (Å²) in [7, 11) is 0. The predicted molar refractivity (Wildman–Crippen MR) is 84.9 cm³/mol. The lowest BCUT2D eigenvalue weighted by molar-refractivity contribution is 0.0969. The Morgan fingerprint density at radius 1 is 0.708 bits per heavy atom. The molecule has 2 N–H and O–H groups in total. The number of aliphatic hydroxyl groups is 2. The lowest BCUT2D eigenvalue weighted by Crippen LogP contribution is -2.23. The zero-order valence-electron chi connectivity index (χ0n) is 12.8. The van der Waals surface area contributed by atoms with E-state index >= 15 is 0 Å². The van der Waals surface area contributed by atoms with Crippen molar-refractivity contribution in [3.8, 4) is 11.5 Å². The van der Waals surface area contributed by atoms with Crippen molar-refractivity contribution in [1.29, 1.82) is 0 Å². The van der Waals surface area contributed by atoms with E-state index in [1.165, 1.54) is 0 Å². The number of benzene rings is 2. The van der Waals surface area contributed by atoms with Gasteiger partial charge in [-0.3, -0.25) is 9.59 Å². The third-order valence-electron chi connectivity index (χ3n) is 3.69. The molecule has 6 nitrogen and oxygen atoms in total. The van der Waals surface area contributed by atoms with Gasteiger partial charge in [0.2, 0.25) is 5.78 Å². The summed E-state index contributed by atoms with van der Waals surface area (Å²) in [5.41, 5.74) is 0.872. The fourth-order valence-corrected chi connectivity index (χ4v) is 2.73. The quantitative estimate of drug-likeness (QED) is 0.706. The summed E-state index contributed by atoms with van der Waals surface area (Å²) in [4.78, 5) is 25.7. The van der Waals surface area contributed by atoms with E-state index in [4.69, 9.17) is 19.7 Å². The molecule has 0 amide bonds. The SMILES string of the molecule is O=C1c2cccc(OCCO)c2C(=O)c2c(OCCO)cccc21. The third-order valence-corrected chi connectivity index (χ3v) is 3.69. The summed E-state index contributed by atoms with van der Waals surface area (Å²) in [6, 6.07) is 9.59. The van der Waals surface area contributed by atoms with Crippen LogP contribution in [0.2, 0.25) is 0 Å². The molecule has 0 atom stereocenters. The van der Waals surface area contributed by atoms with Crippen LogP contribution >= 0.6 is 0 Å². The van der Waals surface area contributed by atoms with E-state index in [0.29, 0.717) is 0 Å². The Bertz CT molecular complexity index is 733. The van der Waals surface area contributed by atoms with Crippen molar-refractivity contribution < 1.29 is 29.3 Å². The molecule has 0 saturated heterocycles. The van der Waals surface area contributed by atoms with E-state index in [9.17, 15) is 9.59 Å². The number of hydrogen-bond acceptors (Lipinski definition) is 6. The molecule has 24 heavy (non-hydrogen) atoms. The minimum Gasteiger partial charge on any atom is -0.490 e. The zero-order valence-corrected chi connectivity index (χ0v) is 12.8. The Hall–Kier alpha value is -2.70. The number of hydrogen-bond donors (Lipinski definition) is 2. The Labute approximate surface area is 138 Å². The molecule has 0 spiro atoms. The van der Waals surface area contributed by atoms with Gasteiger partial charge in [0.05, 0.1) is 24.3 Å². The molecule has 0 unspecified atom stereocenters. The molecule has 0 radical (unpaired) electrons. The fourth-order valence-electron chi connectivity index (χ4n) is 2.73. The van der Waals surface area contributed by atoms with Crippen LogP contribution in [0.1, 0.15) is 31.8 Å². The first-order chi connectivity index (χ1) is 11.7. The van der Waals surface area contributed by atoms with E-state index in [0.717, 1.165) is 0 Å². The number of carbonyl (C=O) groups excluding carboxylic acids is 2. The van der Waals surface area contributed by atoms with Gasteiger partial charge in [0.25, 0.3) is 0 Å². The van der Waals surface area contributed by atoms with Crippen LogP contribution in [-0.2, 0) is 0 Å². The molecule has 6 heteroatoms. The number of fused-ring (bicyclic) bond motifs is 2. The average Bonchev–Trinajstić information content (AvgIpc) is 2.62. The van der Waals surface area contributed by atoms with Crippen molar-refractivity contribution in [2.45, 2.75) is 0 Å². The van der Waals surface area contributed by atoms with Gasteiger partial charge in [-0.1, -0.05) is 24.3 Å². The van der Waals surface area contributed by atoms with E-state index in [-0.39, 0.29) is 71.7 Å². The molecule has 0 heterocycles. The maximum Gasteiger partial charge on any atom is 0.201 e. The summed E-state index contributed by atoms with van der Waals surface area (Å²) in [6.07, 6.45) is 0. The normalized spacial score (nSPS) is 12.6. The van der Waals surface area contributed by atoms with E-state index < -0.39 is 0 Å². The Kier molecular flexibility index (Phi) is 4.59. The summed E-state index contributed by atoms with van der Waals surface area (Å²) in [5, 5.41) is 17.9. The van der Waals surface area contributed by atoms with Gasteiger partial charge in [-0.15, -0.1) is 0 Å². The highest BCUT2D eigenvalue weighted by molar-refractivity contribution is 6.30. The first kappa shape index (κ1) is 16.2. The van der Waals surface area contributed by atoms with Crippen LogP contribution < -0.4 is 9.47 Å². The first-order valence-corrected chi connectivity index (χ1v) is 7.51. The number of rotatable bonds is 6. The van der Waals surface area contributed by atoms with Gasteiger partial charge in [0, 0.05) is 11.1 Å². The third kappa shape index (κ3) is 2.66. The maximum atomic E-state index is 13.0. The molecule has 1 aliphatic rings. The molecule has 0 fully saturated rings. The molecule has 3 rings (SSSR count). The van der Waals surface area contributed by atoms with Gasteiger partial charge >= 0.3 is 0 Å². The molecular weight excluding hydrogens is 312 g/mol. The monoisotopic (exact) mass is 328 g/mol. The Morgan fingerprint density at radius 3 is 1.58 bits per heavy atom. The Balaban J connectivity index is 2.13. The predicted octanol–water partition coefficient (Wildman–Crippen LogP) is 1.20. The summed E-state index contributed by atoms with van der Waals surface area (Å²) < 4.78 is 10.8. The van der Waals surface area contributed by atoms with E-state index in [1.54, 1.807) is 36.4 Å². The largest absolute Gasteiger partial charge is 0.490 e. The highest BCUT2D eigenvalue weighted by Gasteiger charge is 2.34. The van der Waals surface area contributed by atoms with Crippen molar-refractivity contribution in [3.05, 3.63) is 58.7 Å². The number of ether oxygens (including phenoxy) is 2. The second-order valence-corrected chi connectivity index (χ2v) is 5.16. The van der Waals surface area contributed by atoms with Crippen LogP contribution in [0.3, 0.4) is 0 Å². The van der Waals surface area contributed by atoms with Crippen LogP contribution in [0.25, 0.3) is 0 Å². The maximum absolute atomic E-state index is 13.0. The van der Waals surface area contributed by atoms with E-state index in [1.807, 2.05) is 0 Å². The summed E-state index contributed by atoms with van der Waals surface area (Å²) >= 11 is 0. The standard InChI is InChI=1S/C18H16O6/c19-7-9-23-13-5-1-3-11-15(13)18(22)16-12(17(11)21)4-2-6-14(16)24-10-8-20/h1-6,19-20H,7-10H2. The van der Waals surface area contributed by atoms with Gasteiger partial charge in [0.15, 0.2) is 5.78 Å². The minimum atomic E-state index is -0.373. The number of aliphatic hydroxyl groups excluding tert-OH is 2. The highest BCUT2D eigenvalue weighted by Crippen LogP contribution is 2.37. The molecule has 2 aromatic rings. The average molecular weight is 328 g/mol. The van der Waals surface area contributed by atoms with Gasteiger partial charge in [-0.05, 0) is 12.1 Å². The number of ketones is 2. The first-order valence-electron chi connectivity index (χ1n) is 7.51. The topological polar surface area (TPSA) is 93.1 Å². The van der Waals surface area contributed by atoms with Gasteiger partial charge in [-0.2, -0.15) is 0 Å². The van der Waals surface area contributed by atoms with Crippen LogP contribution in [0, 0.1) is 0 Å².